The fourth-order valence-corrected chi connectivity index (χ4v) is 1.86. The second-order valence-corrected chi connectivity index (χ2v) is 4.40. The normalized spacial score (nSPS) is 12.5. The number of anilines is 1. The number of nitrogens with zero attached hydrogens (tertiary/aromatic N) is 2. The van der Waals surface area contributed by atoms with Gasteiger partial charge in [-0.3, -0.25) is 0 Å². The smallest absolute Gasteiger partial charge is 0.148 e. The van der Waals surface area contributed by atoms with Crippen LogP contribution in [0.3, 0.4) is 0 Å². The SMILES string of the molecule is CCCCC(C)Nc1ncnc(CC)c1Cl. The Balaban J connectivity index is 2.66. The minimum Gasteiger partial charge on any atom is -0.366 e. The van der Waals surface area contributed by atoms with Crippen molar-refractivity contribution in [3.05, 3.63) is 17.0 Å². The molecule has 0 saturated heterocycles. The summed E-state index contributed by atoms with van der Waals surface area (Å²) in [6, 6.07) is 0.400. The fourth-order valence-electron chi connectivity index (χ4n) is 1.57. The predicted octanol–water partition coefficient (Wildman–Crippen LogP) is 3.68. The van der Waals surface area contributed by atoms with Crippen LogP contribution in [0.15, 0.2) is 6.33 Å². The molecule has 0 spiro atoms. The number of aromatic nitrogens is 2. The molecule has 1 aromatic rings. The summed E-state index contributed by atoms with van der Waals surface area (Å²) in [5, 5.41) is 4.00. The summed E-state index contributed by atoms with van der Waals surface area (Å²) in [6.07, 6.45) is 5.97. The first kappa shape index (κ1) is 13.2. The number of hydrogen-bond acceptors (Lipinski definition) is 3. The van der Waals surface area contributed by atoms with Gasteiger partial charge in [-0.05, 0) is 19.8 Å². The quantitative estimate of drug-likeness (QED) is 0.826. The molecule has 0 aliphatic rings. The highest BCUT2D eigenvalue weighted by Gasteiger charge is 2.09. The van der Waals surface area contributed by atoms with Gasteiger partial charge in [-0.25, -0.2) is 9.97 Å². The van der Waals surface area contributed by atoms with Gasteiger partial charge in [0.15, 0.2) is 0 Å². The van der Waals surface area contributed by atoms with E-state index in [1.165, 1.54) is 12.8 Å². The maximum atomic E-state index is 6.20. The van der Waals surface area contributed by atoms with Gasteiger partial charge in [-0.1, -0.05) is 38.3 Å². The average Bonchev–Trinajstić information content (AvgIpc) is 2.29. The van der Waals surface area contributed by atoms with Gasteiger partial charge in [-0.2, -0.15) is 0 Å². The Morgan fingerprint density at radius 1 is 1.38 bits per heavy atom. The molecule has 0 amide bonds. The van der Waals surface area contributed by atoms with Gasteiger partial charge in [0, 0.05) is 6.04 Å². The van der Waals surface area contributed by atoms with Gasteiger partial charge in [0.2, 0.25) is 0 Å². The fraction of sp³-hybridized carbons (Fsp3) is 0.667. The first-order valence-electron chi connectivity index (χ1n) is 5.94. The molecular formula is C12H20ClN3. The number of rotatable bonds is 6. The van der Waals surface area contributed by atoms with Crippen LogP contribution in [-0.4, -0.2) is 16.0 Å². The molecule has 1 rings (SSSR count). The highest BCUT2D eigenvalue weighted by molar-refractivity contribution is 6.33. The molecule has 3 nitrogen and oxygen atoms in total. The maximum Gasteiger partial charge on any atom is 0.148 e. The van der Waals surface area contributed by atoms with Crippen molar-refractivity contribution in [2.24, 2.45) is 0 Å². The average molecular weight is 242 g/mol. The van der Waals surface area contributed by atoms with E-state index in [-0.39, 0.29) is 0 Å². The lowest BCUT2D eigenvalue weighted by molar-refractivity contribution is 0.643. The largest absolute Gasteiger partial charge is 0.366 e. The minimum atomic E-state index is 0.400. The van der Waals surface area contributed by atoms with E-state index in [2.05, 4.69) is 29.1 Å². The zero-order valence-electron chi connectivity index (χ0n) is 10.3. The maximum absolute atomic E-state index is 6.20. The van der Waals surface area contributed by atoms with Crippen LogP contribution in [0.1, 0.15) is 45.7 Å². The van der Waals surface area contributed by atoms with Crippen LogP contribution in [0.5, 0.6) is 0 Å². The summed E-state index contributed by atoms with van der Waals surface area (Å²) in [5.41, 5.74) is 0.904. The molecule has 0 radical (unpaired) electrons. The van der Waals surface area contributed by atoms with Crippen molar-refractivity contribution in [3.8, 4) is 0 Å². The van der Waals surface area contributed by atoms with E-state index in [1.807, 2.05) is 6.92 Å². The summed E-state index contributed by atoms with van der Waals surface area (Å²) < 4.78 is 0. The number of nitrogens with one attached hydrogen (secondary N) is 1. The Morgan fingerprint density at radius 3 is 2.75 bits per heavy atom. The Morgan fingerprint density at radius 2 is 2.12 bits per heavy atom. The first-order valence-corrected chi connectivity index (χ1v) is 6.32. The lowest BCUT2D eigenvalue weighted by Gasteiger charge is -2.15. The second kappa shape index (κ2) is 6.69. The van der Waals surface area contributed by atoms with Crippen LogP contribution in [-0.2, 0) is 6.42 Å². The molecule has 1 unspecified atom stereocenters. The van der Waals surface area contributed by atoms with E-state index in [9.17, 15) is 0 Å². The van der Waals surface area contributed by atoms with E-state index >= 15 is 0 Å². The molecule has 0 aromatic carbocycles. The molecule has 1 atom stereocenters. The van der Waals surface area contributed by atoms with Crippen molar-refractivity contribution in [2.45, 2.75) is 52.5 Å². The number of hydrogen-bond donors (Lipinski definition) is 1. The van der Waals surface area contributed by atoms with Crippen LogP contribution >= 0.6 is 11.6 Å². The van der Waals surface area contributed by atoms with Crippen molar-refractivity contribution >= 4 is 17.4 Å². The summed E-state index contributed by atoms with van der Waals surface area (Å²) >= 11 is 6.20. The second-order valence-electron chi connectivity index (χ2n) is 4.02. The van der Waals surface area contributed by atoms with Gasteiger partial charge < -0.3 is 5.32 Å². The molecule has 0 fully saturated rings. The van der Waals surface area contributed by atoms with Gasteiger partial charge in [0.25, 0.3) is 0 Å². The van der Waals surface area contributed by atoms with Crippen LogP contribution in [0.25, 0.3) is 0 Å². The molecule has 1 aromatic heterocycles. The Bertz CT molecular complexity index is 328. The van der Waals surface area contributed by atoms with Crippen LogP contribution in [0.2, 0.25) is 5.02 Å². The third-order valence-electron chi connectivity index (χ3n) is 2.57. The molecule has 4 heteroatoms. The molecule has 1 heterocycles. The third-order valence-corrected chi connectivity index (χ3v) is 2.97. The predicted molar refractivity (Wildman–Crippen MR) is 69.0 cm³/mol. The van der Waals surface area contributed by atoms with E-state index < -0.39 is 0 Å². The van der Waals surface area contributed by atoms with Gasteiger partial charge >= 0.3 is 0 Å². The van der Waals surface area contributed by atoms with E-state index in [4.69, 9.17) is 11.6 Å². The Kier molecular flexibility index (Phi) is 5.53. The monoisotopic (exact) mass is 241 g/mol. The Labute approximate surface area is 103 Å². The molecule has 0 aliphatic heterocycles. The summed E-state index contributed by atoms with van der Waals surface area (Å²) in [7, 11) is 0. The Hall–Kier alpha value is -0.830. The van der Waals surface area contributed by atoms with Gasteiger partial charge in [-0.15, -0.1) is 0 Å². The molecule has 1 N–H and O–H groups in total. The lowest BCUT2D eigenvalue weighted by Crippen LogP contribution is -2.16. The highest BCUT2D eigenvalue weighted by atomic mass is 35.5. The van der Waals surface area contributed by atoms with Crippen LogP contribution < -0.4 is 5.32 Å². The third kappa shape index (κ3) is 3.63. The lowest BCUT2D eigenvalue weighted by atomic mass is 10.1. The standard InChI is InChI=1S/C12H20ClN3/c1-4-6-7-9(3)16-12-11(13)10(5-2)14-8-15-12/h8-9H,4-7H2,1-3H3,(H,14,15,16). The van der Waals surface area contributed by atoms with E-state index in [0.717, 1.165) is 24.4 Å². The molecule has 0 aliphatic carbocycles. The number of unbranched alkanes of at least 4 members (excludes halogenated alkanes) is 1. The minimum absolute atomic E-state index is 0.400. The molecule has 90 valence electrons. The molecule has 16 heavy (non-hydrogen) atoms. The van der Waals surface area contributed by atoms with Crippen LogP contribution in [0.4, 0.5) is 5.82 Å². The van der Waals surface area contributed by atoms with Crippen molar-refractivity contribution in [1.29, 1.82) is 0 Å². The van der Waals surface area contributed by atoms with E-state index in [0.29, 0.717) is 11.1 Å². The molecule has 0 bridgehead atoms. The zero-order chi connectivity index (χ0) is 12.0. The first-order chi connectivity index (χ1) is 7.69. The van der Waals surface area contributed by atoms with Crippen molar-refractivity contribution in [3.63, 3.8) is 0 Å². The molecule has 0 saturated carbocycles. The molecular weight excluding hydrogens is 222 g/mol. The van der Waals surface area contributed by atoms with Crippen molar-refractivity contribution in [2.75, 3.05) is 5.32 Å². The van der Waals surface area contributed by atoms with Crippen LogP contribution in [0, 0.1) is 0 Å². The van der Waals surface area contributed by atoms with Crippen molar-refractivity contribution in [1.82, 2.24) is 9.97 Å². The zero-order valence-corrected chi connectivity index (χ0v) is 11.0. The van der Waals surface area contributed by atoms with Gasteiger partial charge in [0.1, 0.15) is 17.2 Å². The summed E-state index contributed by atoms with van der Waals surface area (Å²) in [5.74, 6) is 0.761. The highest BCUT2D eigenvalue weighted by Crippen LogP contribution is 2.23. The topological polar surface area (TPSA) is 37.8 Å². The summed E-state index contributed by atoms with van der Waals surface area (Å²) in [6.45, 7) is 6.39. The van der Waals surface area contributed by atoms with Gasteiger partial charge in [0.05, 0.1) is 5.69 Å². The number of aryl methyl sites for hydroxylation is 1. The van der Waals surface area contributed by atoms with E-state index in [1.54, 1.807) is 6.33 Å². The van der Waals surface area contributed by atoms with Crippen molar-refractivity contribution < 1.29 is 0 Å². The number of halogens is 1. The summed E-state index contributed by atoms with van der Waals surface area (Å²) in [4.78, 5) is 8.32.